The molecule has 1 aromatic carbocycles. The highest BCUT2D eigenvalue weighted by Gasteiger charge is 2.28. The molecule has 2 aliphatic rings. The van der Waals surface area contributed by atoms with E-state index < -0.39 is 6.10 Å². The zero-order chi connectivity index (χ0) is 20.9. The summed E-state index contributed by atoms with van der Waals surface area (Å²) in [4.78, 5) is 24.6. The number of hydrogen-bond donors (Lipinski definition) is 0. The van der Waals surface area contributed by atoms with E-state index in [1.54, 1.807) is 18.2 Å². The number of hydrogen-bond acceptors (Lipinski definition) is 5. The highest BCUT2D eigenvalue weighted by atomic mass is 35.5. The predicted molar refractivity (Wildman–Crippen MR) is 117 cm³/mol. The van der Waals surface area contributed by atoms with Crippen LogP contribution in [0.5, 0.6) is 0 Å². The van der Waals surface area contributed by atoms with Crippen LogP contribution in [0.15, 0.2) is 34.8 Å². The first-order chi connectivity index (χ1) is 14.7. The zero-order valence-electron chi connectivity index (χ0n) is 16.7. The maximum atomic E-state index is 14.0. The summed E-state index contributed by atoms with van der Waals surface area (Å²) >= 11 is 7.73. The minimum absolute atomic E-state index is 0.0319. The van der Waals surface area contributed by atoms with E-state index in [9.17, 15) is 9.18 Å². The number of halogens is 2. The van der Waals surface area contributed by atoms with Gasteiger partial charge in [-0.25, -0.2) is 9.37 Å². The third-order valence-corrected chi connectivity index (χ3v) is 7.07. The van der Waals surface area contributed by atoms with Crippen molar-refractivity contribution in [1.82, 2.24) is 9.88 Å². The van der Waals surface area contributed by atoms with Crippen molar-refractivity contribution in [1.29, 1.82) is 0 Å². The van der Waals surface area contributed by atoms with Gasteiger partial charge in [0.1, 0.15) is 11.5 Å². The van der Waals surface area contributed by atoms with Crippen LogP contribution in [0.3, 0.4) is 0 Å². The first-order valence-corrected chi connectivity index (χ1v) is 11.8. The average Bonchev–Trinajstić information content (AvgIpc) is 3.45. The predicted octanol–water partition coefficient (Wildman–Crippen LogP) is 5.26. The van der Waals surface area contributed by atoms with E-state index in [2.05, 4.69) is 5.16 Å². The summed E-state index contributed by atoms with van der Waals surface area (Å²) in [5.41, 5.74) is 1.95. The van der Waals surface area contributed by atoms with Crippen molar-refractivity contribution in [3.05, 3.63) is 51.7 Å². The Hall–Kier alpha value is -1.99. The molecule has 2 aliphatic heterocycles. The molecule has 0 N–H and O–H groups in total. The molecule has 0 radical (unpaired) electrons. The molecule has 160 valence electrons. The fraction of sp³-hybridized carbons (Fsp3) is 0.500. The van der Waals surface area contributed by atoms with Crippen molar-refractivity contribution in [2.24, 2.45) is 5.16 Å². The van der Waals surface area contributed by atoms with Gasteiger partial charge in [-0.05, 0) is 31.7 Å². The topological polar surface area (TPSA) is 54.8 Å². The largest absolute Gasteiger partial charge is 0.387 e. The van der Waals surface area contributed by atoms with Crippen LogP contribution in [0.1, 0.15) is 66.8 Å². The summed E-state index contributed by atoms with van der Waals surface area (Å²) in [6.07, 6.45) is 4.62. The van der Waals surface area contributed by atoms with Gasteiger partial charge in [-0.15, -0.1) is 22.9 Å². The Morgan fingerprint density at radius 2 is 2.10 bits per heavy atom. The molecule has 4 rings (SSSR count). The Labute approximate surface area is 184 Å². The van der Waals surface area contributed by atoms with Gasteiger partial charge in [0.25, 0.3) is 0 Å². The third-order valence-electron chi connectivity index (χ3n) is 5.69. The molecule has 3 heterocycles. The molecule has 1 fully saturated rings. The molecular formula is C22H25ClFN3O2S. The summed E-state index contributed by atoms with van der Waals surface area (Å²) in [7, 11) is 0. The molecule has 5 nitrogen and oxygen atoms in total. The van der Waals surface area contributed by atoms with Crippen LogP contribution in [-0.4, -0.2) is 40.5 Å². The Morgan fingerprint density at radius 3 is 2.87 bits per heavy atom. The van der Waals surface area contributed by atoms with Gasteiger partial charge in [-0.1, -0.05) is 23.4 Å². The van der Waals surface area contributed by atoms with Gasteiger partial charge in [0.15, 0.2) is 6.10 Å². The smallest absolute Gasteiger partial charge is 0.222 e. The Kier molecular flexibility index (Phi) is 7.00. The summed E-state index contributed by atoms with van der Waals surface area (Å²) in [5, 5.41) is 6.98. The van der Waals surface area contributed by atoms with Gasteiger partial charge < -0.3 is 9.74 Å². The normalized spacial score (nSPS) is 20.0. The summed E-state index contributed by atoms with van der Waals surface area (Å²) < 4.78 is 14.0. The first-order valence-electron chi connectivity index (χ1n) is 10.4. The Balaban J connectivity index is 1.35. The number of oxime groups is 1. The van der Waals surface area contributed by atoms with Crippen LogP contribution in [0.2, 0.25) is 0 Å². The molecule has 8 heteroatoms. The highest BCUT2D eigenvalue weighted by molar-refractivity contribution is 7.10. The first kappa shape index (κ1) is 21.2. The number of piperidine rings is 1. The molecule has 0 aliphatic carbocycles. The van der Waals surface area contributed by atoms with Crippen molar-refractivity contribution in [2.75, 3.05) is 19.0 Å². The minimum atomic E-state index is -0.433. The summed E-state index contributed by atoms with van der Waals surface area (Å²) in [5.74, 6) is 0.368. The van der Waals surface area contributed by atoms with Crippen molar-refractivity contribution in [3.63, 3.8) is 0 Å². The Bertz CT molecular complexity index is 913. The summed E-state index contributed by atoms with van der Waals surface area (Å²) in [6.45, 7) is 1.74. The maximum absolute atomic E-state index is 14.0. The zero-order valence-corrected chi connectivity index (χ0v) is 18.3. The van der Waals surface area contributed by atoms with Crippen LogP contribution in [0, 0.1) is 5.82 Å². The molecule has 0 bridgehead atoms. The van der Waals surface area contributed by atoms with Crippen LogP contribution < -0.4 is 0 Å². The second-order valence-corrected chi connectivity index (χ2v) is 8.96. The van der Waals surface area contributed by atoms with E-state index in [4.69, 9.17) is 21.4 Å². The lowest BCUT2D eigenvalue weighted by Gasteiger charge is -2.27. The molecule has 0 saturated carbocycles. The van der Waals surface area contributed by atoms with E-state index in [1.165, 1.54) is 23.8 Å². The number of alkyl halides is 1. The van der Waals surface area contributed by atoms with E-state index >= 15 is 0 Å². The number of amides is 1. The van der Waals surface area contributed by atoms with E-state index in [0.717, 1.165) is 36.6 Å². The number of aromatic nitrogens is 1. The molecule has 2 unspecified atom stereocenters. The highest BCUT2D eigenvalue weighted by Crippen LogP contribution is 2.33. The number of rotatable bonds is 7. The fourth-order valence-electron chi connectivity index (χ4n) is 3.91. The van der Waals surface area contributed by atoms with Gasteiger partial charge in [0.2, 0.25) is 5.91 Å². The van der Waals surface area contributed by atoms with Crippen molar-refractivity contribution in [3.8, 4) is 0 Å². The van der Waals surface area contributed by atoms with Crippen LogP contribution in [0.25, 0.3) is 0 Å². The number of carbonyl (C=O) groups excluding carboxylic acids is 1. The van der Waals surface area contributed by atoms with E-state index in [-0.39, 0.29) is 17.6 Å². The second kappa shape index (κ2) is 9.88. The molecule has 1 saturated heterocycles. The quantitative estimate of drug-likeness (QED) is 0.541. The maximum Gasteiger partial charge on any atom is 0.222 e. The number of carbonyl (C=O) groups is 1. The molecule has 2 atom stereocenters. The third kappa shape index (κ3) is 4.83. The molecular weight excluding hydrogens is 425 g/mol. The molecule has 30 heavy (non-hydrogen) atoms. The lowest BCUT2D eigenvalue weighted by atomic mass is 10.0. The standard InChI is InChI=1S/C22H25ClFN3O2S/c23-13-15(8-9-21(28)27-10-4-1-5-11-27)22-25-19(14-30-22)18-12-20(29-26-18)16-6-2-3-7-17(16)24/h2-3,6-7,14-15,20H,1,4-5,8-13H2. The van der Waals surface area contributed by atoms with E-state index in [1.807, 2.05) is 10.3 Å². The Morgan fingerprint density at radius 1 is 1.30 bits per heavy atom. The monoisotopic (exact) mass is 449 g/mol. The van der Waals surface area contributed by atoms with Crippen molar-refractivity contribution >= 4 is 34.6 Å². The average molecular weight is 450 g/mol. The lowest BCUT2D eigenvalue weighted by Crippen LogP contribution is -2.35. The van der Waals surface area contributed by atoms with Crippen LogP contribution >= 0.6 is 22.9 Å². The number of likely N-dealkylation sites (tertiary alicyclic amines) is 1. The van der Waals surface area contributed by atoms with Gasteiger partial charge in [-0.3, -0.25) is 4.79 Å². The SMILES string of the molecule is O=C(CCC(CCl)c1nc(C2=NOC(c3ccccc3F)C2)cs1)N1CCCCC1. The van der Waals surface area contributed by atoms with Crippen molar-refractivity contribution < 1.29 is 14.0 Å². The van der Waals surface area contributed by atoms with Gasteiger partial charge in [0.05, 0.1) is 10.7 Å². The van der Waals surface area contributed by atoms with Crippen LogP contribution in [0.4, 0.5) is 4.39 Å². The molecule has 1 amide bonds. The number of nitrogens with zero attached hydrogens (tertiary/aromatic N) is 3. The minimum Gasteiger partial charge on any atom is -0.387 e. The lowest BCUT2D eigenvalue weighted by molar-refractivity contribution is -0.132. The van der Waals surface area contributed by atoms with E-state index in [0.29, 0.717) is 36.4 Å². The van der Waals surface area contributed by atoms with Crippen LogP contribution in [-0.2, 0) is 9.63 Å². The summed E-state index contributed by atoms with van der Waals surface area (Å²) in [6, 6.07) is 6.59. The fourth-order valence-corrected chi connectivity index (χ4v) is 5.26. The molecule has 2 aromatic rings. The number of benzene rings is 1. The van der Waals surface area contributed by atoms with Gasteiger partial charge in [-0.2, -0.15) is 0 Å². The number of thiazole rings is 1. The molecule has 0 spiro atoms. The van der Waals surface area contributed by atoms with Gasteiger partial charge in [0, 0.05) is 48.7 Å². The molecule has 1 aromatic heterocycles. The van der Waals surface area contributed by atoms with Crippen molar-refractivity contribution in [2.45, 2.75) is 50.5 Å². The van der Waals surface area contributed by atoms with Gasteiger partial charge >= 0.3 is 0 Å². The second-order valence-electron chi connectivity index (χ2n) is 7.76.